The number of guanidine groups is 1. The maximum Gasteiger partial charge on any atom is 0.276 e. The first-order valence-corrected chi connectivity index (χ1v) is 7.67. The van der Waals surface area contributed by atoms with Crippen molar-refractivity contribution >= 4 is 55.0 Å². The van der Waals surface area contributed by atoms with Gasteiger partial charge in [-0.05, 0) is 12.1 Å². The van der Waals surface area contributed by atoms with Crippen LogP contribution in [0.3, 0.4) is 0 Å². The number of para-hydroxylation sites is 1. The third-order valence-electron chi connectivity index (χ3n) is 2.57. The highest BCUT2D eigenvalue weighted by Gasteiger charge is 2.14. The minimum Gasteiger partial charge on any atom is -0.506 e. The van der Waals surface area contributed by atoms with Gasteiger partial charge in [0.05, 0.1) is 4.70 Å². The lowest BCUT2D eigenvalue weighted by Crippen LogP contribution is -2.21. The zero-order chi connectivity index (χ0) is 15.7. The molecule has 3 rings (SSSR count). The molecule has 0 aliphatic rings. The number of anilines is 1. The second-order valence-electron chi connectivity index (χ2n) is 4.15. The Morgan fingerprint density at radius 3 is 2.86 bits per heavy atom. The minimum absolute atomic E-state index is 0.0675. The van der Waals surface area contributed by atoms with E-state index in [4.69, 9.17) is 11.5 Å². The monoisotopic (exact) mass is 334 g/mol. The van der Waals surface area contributed by atoms with Gasteiger partial charge in [0.1, 0.15) is 17.0 Å². The van der Waals surface area contributed by atoms with Crippen molar-refractivity contribution in [3.63, 3.8) is 0 Å². The first kappa shape index (κ1) is 14.2. The summed E-state index contributed by atoms with van der Waals surface area (Å²) in [6.07, 6.45) is 0. The highest BCUT2D eigenvalue weighted by Crippen LogP contribution is 2.31. The third kappa shape index (κ3) is 2.82. The molecular formula is C12H10N6O2S2. The summed E-state index contributed by atoms with van der Waals surface area (Å²) in [5.41, 5.74) is 11.1. The number of phenols is 1. The Labute approximate surface area is 132 Å². The van der Waals surface area contributed by atoms with Gasteiger partial charge in [-0.3, -0.25) is 10.1 Å². The lowest BCUT2D eigenvalue weighted by Gasteiger charge is -1.96. The number of aromatic nitrogens is 2. The van der Waals surface area contributed by atoms with Crippen LogP contribution in [0.15, 0.2) is 28.6 Å². The van der Waals surface area contributed by atoms with Crippen LogP contribution >= 0.6 is 22.7 Å². The van der Waals surface area contributed by atoms with Crippen LogP contribution in [0.4, 0.5) is 10.3 Å². The minimum atomic E-state index is -0.424. The number of amides is 1. The molecule has 112 valence electrons. The van der Waals surface area contributed by atoms with Crippen molar-refractivity contribution < 1.29 is 9.90 Å². The van der Waals surface area contributed by atoms with Gasteiger partial charge in [0, 0.05) is 5.38 Å². The van der Waals surface area contributed by atoms with Crippen molar-refractivity contribution in [3.8, 4) is 5.75 Å². The van der Waals surface area contributed by atoms with Gasteiger partial charge >= 0.3 is 0 Å². The number of hydrogen-bond acceptors (Lipinski definition) is 7. The number of fused-ring (bicyclic) bond motifs is 1. The van der Waals surface area contributed by atoms with Crippen LogP contribution in [0.5, 0.6) is 5.75 Å². The molecule has 3 aromatic rings. The fraction of sp³-hybridized carbons (Fsp3) is 0. The number of nitrogens with zero attached hydrogens (tertiary/aromatic N) is 3. The van der Waals surface area contributed by atoms with Gasteiger partial charge < -0.3 is 16.6 Å². The highest BCUT2D eigenvalue weighted by molar-refractivity contribution is 7.22. The normalized spacial score (nSPS) is 10.5. The van der Waals surface area contributed by atoms with Gasteiger partial charge in [0.2, 0.25) is 5.13 Å². The maximum atomic E-state index is 12.1. The summed E-state index contributed by atoms with van der Waals surface area (Å²) in [6, 6.07) is 5.06. The zero-order valence-corrected chi connectivity index (χ0v) is 12.6. The van der Waals surface area contributed by atoms with Gasteiger partial charge in [-0.15, -0.1) is 11.3 Å². The molecule has 0 spiro atoms. The summed E-state index contributed by atoms with van der Waals surface area (Å²) < 4.78 is 0.773. The van der Waals surface area contributed by atoms with E-state index in [0.717, 1.165) is 16.0 Å². The van der Waals surface area contributed by atoms with Crippen molar-refractivity contribution in [2.45, 2.75) is 0 Å². The van der Waals surface area contributed by atoms with E-state index in [1.54, 1.807) is 11.4 Å². The molecule has 6 N–H and O–H groups in total. The Kier molecular flexibility index (Phi) is 3.61. The summed E-state index contributed by atoms with van der Waals surface area (Å²) >= 11 is 2.40. The molecule has 0 atom stereocenters. The molecular weight excluding hydrogens is 324 g/mol. The summed E-state index contributed by atoms with van der Waals surface area (Å²) in [4.78, 5) is 24.1. The number of nitrogens with one attached hydrogen (secondary N) is 1. The van der Waals surface area contributed by atoms with Gasteiger partial charge in [-0.25, -0.2) is 9.97 Å². The van der Waals surface area contributed by atoms with E-state index in [0.29, 0.717) is 15.8 Å². The molecule has 0 radical (unpaired) electrons. The van der Waals surface area contributed by atoms with Crippen molar-refractivity contribution in [1.82, 2.24) is 9.97 Å². The summed E-state index contributed by atoms with van der Waals surface area (Å²) in [7, 11) is 0. The smallest absolute Gasteiger partial charge is 0.276 e. The van der Waals surface area contributed by atoms with E-state index >= 15 is 0 Å². The predicted octanol–water partition coefficient (Wildman–Crippen LogP) is 1.62. The van der Waals surface area contributed by atoms with Crippen molar-refractivity contribution in [3.05, 3.63) is 29.3 Å². The molecule has 0 fully saturated rings. The molecule has 22 heavy (non-hydrogen) atoms. The number of thiazole rings is 2. The summed E-state index contributed by atoms with van der Waals surface area (Å²) in [5.74, 6) is -0.479. The van der Waals surface area contributed by atoms with Crippen molar-refractivity contribution in [1.29, 1.82) is 0 Å². The standard InChI is InChI=1S/C12H10N6O2S2/c13-10(14)18-11-15-5(4-21-11)9(20)17-12-16-8-6(19)2-1-3-7(8)22-12/h1-4,19H,(H,16,17,20)(H4,13,14,15,18). The first-order valence-electron chi connectivity index (χ1n) is 5.98. The lowest BCUT2D eigenvalue weighted by atomic mass is 10.3. The Balaban J connectivity index is 1.82. The maximum absolute atomic E-state index is 12.1. The largest absolute Gasteiger partial charge is 0.506 e. The molecule has 2 heterocycles. The third-order valence-corrected chi connectivity index (χ3v) is 4.24. The Bertz CT molecular complexity index is 881. The van der Waals surface area contributed by atoms with Crippen LogP contribution in [0.25, 0.3) is 10.2 Å². The molecule has 10 heteroatoms. The van der Waals surface area contributed by atoms with E-state index in [1.807, 2.05) is 6.07 Å². The quantitative estimate of drug-likeness (QED) is 0.424. The van der Waals surface area contributed by atoms with E-state index in [-0.39, 0.29) is 17.4 Å². The van der Waals surface area contributed by atoms with Gasteiger partial charge in [0.15, 0.2) is 11.1 Å². The molecule has 8 nitrogen and oxygen atoms in total. The molecule has 1 amide bonds. The number of rotatable bonds is 3. The molecule has 2 aromatic heterocycles. The number of nitrogens with two attached hydrogens (primary N) is 2. The molecule has 0 saturated carbocycles. The number of benzene rings is 1. The number of aromatic hydroxyl groups is 1. The zero-order valence-electron chi connectivity index (χ0n) is 11.0. The fourth-order valence-corrected chi connectivity index (χ4v) is 3.25. The van der Waals surface area contributed by atoms with Gasteiger partial charge in [-0.2, -0.15) is 4.99 Å². The lowest BCUT2D eigenvalue weighted by molar-refractivity contribution is 0.102. The topological polar surface area (TPSA) is 140 Å². The van der Waals surface area contributed by atoms with Crippen molar-refractivity contribution in [2.75, 3.05) is 5.32 Å². The SMILES string of the molecule is NC(N)=Nc1nc(C(=O)Nc2nc3c(O)cccc3s2)cs1. The molecule has 0 unspecified atom stereocenters. The number of aliphatic imine (C=N–C) groups is 1. The second-order valence-corrected chi connectivity index (χ2v) is 6.02. The predicted molar refractivity (Wildman–Crippen MR) is 86.8 cm³/mol. The molecule has 0 aliphatic carbocycles. The van der Waals surface area contributed by atoms with Crippen LogP contribution in [0.2, 0.25) is 0 Å². The average molecular weight is 334 g/mol. The number of hydrogen-bond donors (Lipinski definition) is 4. The number of carbonyl (C=O) groups excluding carboxylic acids is 1. The molecule has 0 aliphatic heterocycles. The Morgan fingerprint density at radius 1 is 1.32 bits per heavy atom. The fourth-order valence-electron chi connectivity index (χ4n) is 1.68. The number of carbonyl (C=O) groups is 1. The Hall–Kier alpha value is -2.72. The molecule has 1 aromatic carbocycles. The van der Waals surface area contributed by atoms with Crippen LogP contribution in [-0.4, -0.2) is 26.9 Å². The molecule has 0 saturated heterocycles. The first-order chi connectivity index (χ1) is 10.5. The van der Waals surface area contributed by atoms with Crippen LogP contribution in [-0.2, 0) is 0 Å². The number of phenolic OH excluding ortho intramolecular Hbond substituents is 1. The van der Waals surface area contributed by atoms with Crippen LogP contribution in [0.1, 0.15) is 10.5 Å². The van der Waals surface area contributed by atoms with Crippen LogP contribution < -0.4 is 16.8 Å². The van der Waals surface area contributed by atoms with E-state index in [1.165, 1.54) is 17.4 Å². The molecule has 0 bridgehead atoms. The van der Waals surface area contributed by atoms with Crippen molar-refractivity contribution in [2.24, 2.45) is 16.5 Å². The highest BCUT2D eigenvalue weighted by atomic mass is 32.1. The Morgan fingerprint density at radius 2 is 2.14 bits per heavy atom. The van der Waals surface area contributed by atoms with Crippen LogP contribution in [0, 0.1) is 0 Å². The van der Waals surface area contributed by atoms with Gasteiger partial charge in [0.25, 0.3) is 5.91 Å². The van der Waals surface area contributed by atoms with Gasteiger partial charge in [-0.1, -0.05) is 17.4 Å². The average Bonchev–Trinajstić information content (AvgIpc) is 3.05. The van der Waals surface area contributed by atoms with E-state index in [9.17, 15) is 9.90 Å². The summed E-state index contributed by atoms with van der Waals surface area (Å²) in [6.45, 7) is 0. The second kappa shape index (κ2) is 5.58. The van der Waals surface area contributed by atoms with E-state index in [2.05, 4.69) is 20.3 Å². The summed E-state index contributed by atoms with van der Waals surface area (Å²) in [5, 5.41) is 14.6. The van der Waals surface area contributed by atoms with E-state index < -0.39 is 5.91 Å².